The lowest BCUT2D eigenvalue weighted by Gasteiger charge is -2.23. The molecule has 108 valence electrons. The predicted octanol–water partition coefficient (Wildman–Crippen LogP) is 3.21. The number of hydrogen-bond acceptors (Lipinski definition) is 3. The zero-order valence-corrected chi connectivity index (χ0v) is 9.30. The molecule has 1 aliphatic heterocycles. The topological polar surface area (TPSA) is 43.4 Å². The minimum atomic E-state index is -5.57. The maximum Gasteiger partial charge on any atom is 0.404 e. The first-order valence-electron chi connectivity index (χ1n) is 5.05. The van der Waals surface area contributed by atoms with Gasteiger partial charge in [0.05, 0.1) is 11.1 Å². The molecule has 20 heavy (non-hydrogen) atoms. The molecule has 3 nitrogen and oxygen atoms in total. The Kier molecular flexibility index (Phi) is 3.03. The third-order valence-electron chi connectivity index (χ3n) is 2.66. The van der Waals surface area contributed by atoms with Gasteiger partial charge < -0.3 is 4.74 Å². The van der Waals surface area contributed by atoms with Crippen LogP contribution in [-0.4, -0.2) is 24.3 Å². The van der Waals surface area contributed by atoms with Crippen LogP contribution in [0.1, 0.15) is 32.2 Å². The summed E-state index contributed by atoms with van der Waals surface area (Å²) in [7, 11) is 0. The number of alkyl halides is 6. The monoisotopic (exact) mass is 298 g/mol. The van der Waals surface area contributed by atoms with E-state index in [0.717, 1.165) is 0 Å². The van der Waals surface area contributed by atoms with E-state index < -0.39 is 41.3 Å². The van der Waals surface area contributed by atoms with Gasteiger partial charge in [-0.15, -0.1) is 0 Å². The molecule has 0 saturated heterocycles. The molecule has 0 spiro atoms. The second kappa shape index (κ2) is 4.22. The van der Waals surface area contributed by atoms with Crippen LogP contribution in [-0.2, 0) is 4.74 Å². The van der Waals surface area contributed by atoms with Crippen LogP contribution in [0.25, 0.3) is 0 Å². The molecule has 0 unspecified atom stereocenters. The van der Waals surface area contributed by atoms with Crippen LogP contribution in [0.4, 0.5) is 26.3 Å². The van der Waals surface area contributed by atoms with E-state index in [0.29, 0.717) is 18.2 Å². The van der Waals surface area contributed by atoms with E-state index in [1.165, 1.54) is 0 Å². The average Bonchev–Trinajstić information content (AvgIpc) is 2.50. The average molecular weight is 298 g/mol. The first kappa shape index (κ1) is 14.4. The number of fused-ring (bicyclic) bond motifs is 1. The molecule has 2 rings (SSSR count). The molecule has 1 aromatic rings. The molecule has 0 N–H and O–H groups in total. The van der Waals surface area contributed by atoms with E-state index in [1.54, 1.807) is 0 Å². The molecule has 0 radical (unpaired) electrons. The summed E-state index contributed by atoms with van der Waals surface area (Å²) in [6.07, 6.45) is -11.1. The van der Waals surface area contributed by atoms with Gasteiger partial charge in [-0.2, -0.15) is 26.3 Å². The SMILES string of the molecule is O=C1OC(=O)c2cc(C(C(F)(F)F)C(F)(F)F)ccc21. The van der Waals surface area contributed by atoms with Crippen LogP contribution in [0.2, 0.25) is 0 Å². The van der Waals surface area contributed by atoms with Crippen LogP contribution >= 0.6 is 0 Å². The first-order chi connectivity index (χ1) is 9.01. The van der Waals surface area contributed by atoms with Gasteiger partial charge in [-0.05, 0) is 17.7 Å². The van der Waals surface area contributed by atoms with E-state index in [1.807, 2.05) is 0 Å². The number of carbonyl (C=O) groups is 2. The Bertz CT molecular complexity index is 573. The molecule has 0 aliphatic carbocycles. The maximum atomic E-state index is 12.5. The minimum Gasteiger partial charge on any atom is -0.386 e. The fraction of sp³-hybridized carbons (Fsp3) is 0.273. The van der Waals surface area contributed by atoms with E-state index in [4.69, 9.17) is 0 Å². The van der Waals surface area contributed by atoms with Gasteiger partial charge in [0.15, 0.2) is 5.92 Å². The number of carbonyl (C=O) groups excluding carboxylic acids is 2. The lowest BCUT2D eigenvalue weighted by atomic mass is 9.94. The molecular formula is C11H4F6O3. The Morgan fingerprint density at radius 3 is 1.85 bits per heavy atom. The normalized spacial score (nSPS) is 15.6. The highest BCUT2D eigenvalue weighted by Gasteiger charge is 2.57. The zero-order chi connectivity index (χ0) is 15.3. The molecule has 1 heterocycles. The summed E-state index contributed by atoms with van der Waals surface area (Å²) < 4.78 is 79.2. The summed E-state index contributed by atoms with van der Waals surface area (Å²) in [6, 6.07) is 1.60. The second-order valence-electron chi connectivity index (χ2n) is 4.00. The van der Waals surface area contributed by atoms with Gasteiger partial charge in [0.2, 0.25) is 0 Å². The summed E-state index contributed by atoms with van der Waals surface area (Å²) in [6.45, 7) is 0. The molecule has 0 atom stereocenters. The highest BCUT2D eigenvalue weighted by molar-refractivity contribution is 6.14. The molecule has 9 heteroatoms. The Morgan fingerprint density at radius 2 is 1.35 bits per heavy atom. The summed E-state index contributed by atoms with van der Waals surface area (Å²) in [5.41, 5.74) is -2.14. The van der Waals surface area contributed by atoms with Gasteiger partial charge in [-0.3, -0.25) is 0 Å². The molecule has 1 aliphatic rings. The number of benzene rings is 1. The standard InChI is InChI=1S/C11H4F6O3/c12-10(13,14)7(11(15,16)17)4-1-2-5-6(3-4)9(19)20-8(5)18/h1-3,7H. The van der Waals surface area contributed by atoms with E-state index in [2.05, 4.69) is 4.74 Å². The largest absolute Gasteiger partial charge is 0.404 e. The lowest BCUT2D eigenvalue weighted by Crippen LogP contribution is -2.34. The van der Waals surface area contributed by atoms with Crippen molar-refractivity contribution >= 4 is 11.9 Å². The molecule has 0 amide bonds. The fourth-order valence-electron chi connectivity index (χ4n) is 1.85. The predicted molar refractivity (Wildman–Crippen MR) is 51.0 cm³/mol. The van der Waals surface area contributed by atoms with Gasteiger partial charge >= 0.3 is 24.3 Å². The van der Waals surface area contributed by atoms with Gasteiger partial charge in [0, 0.05) is 0 Å². The van der Waals surface area contributed by atoms with Crippen LogP contribution in [0.15, 0.2) is 18.2 Å². The number of halogens is 6. The maximum absolute atomic E-state index is 12.5. The Labute approximate surface area is 107 Å². The smallest absolute Gasteiger partial charge is 0.386 e. The van der Waals surface area contributed by atoms with Crippen molar-refractivity contribution in [3.63, 3.8) is 0 Å². The van der Waals surface area contributed by atoms with Crippen LogP contribution in [0, 0.1) is 0 Å². The third-order valence-corrected chi connectivity index (χ3v) is 2.66. The lowest BCUT2D eigenvalue weighted by molar-refractivity contribution is -0.253. The van der Waals surface area contributed by atoms with Crippen LogP contribution in [0.3, 0.4) is 0 Å². The van der Waals surface area contributed by atoms with E-state index >= 15 is 0 Å². The van der Waals surface area contributed by atoms with Gasteiger partial charge in [-0.25, -0.2) is 9.59 Å². The minimum absolute atomic E-state index is 0.359. The van der Waals surface area contributed by atoms with Gasteiger partial charge in [0.25, 0.3) is 0 Å². The van der Waals surface area contributed by atoms with Crippen molar-refractivity contribution in [2.75, 3.05) is 0 Å². The number of ether oxygens (including phenoxy) is 1. The molecule has 1 aromatic carbocycles. The molecule has 0 bridgehead atoms. The fourth-order valence-corrected chi connectivity index (χ4v) is 1.85. The molecule has 0 aromatic heterocycles. The van der Waals surface area contributed by atoms with E-state index in [9.17, 15) is 35.9 Å². The number of cyclic esters (lactones) is 2. The van der Waals surface area contributed by atoms with Crippen molar-refractivity contribution < 1.29 is 40.7 Å². The highest BCUT2D eigenvalue weighted by atomic mass is 19.4. The zero-order valence-electron chi connectivity index (χ0n) is 9.30. The number of rotatable bonds is 1. The summed E-state index contributed by atoms with van der Waals surface area (Å²) in [5, 5.41) is 0. The first-order valence-corrected chi connectivity index (χ1v) is 5.05. The van der Waals surface area contributed by atoms with Crippen molar-refractivity contribution in [2.45, 2.75) is 18.3 Å². The Hall–Kier alpha value is -2.06. The Morgan fingerprint density at radius 1 is 0.850 bits per heavy atom. The van der Waals surface area contributed by atoms with Crippen molar-refractivity contribution in [3.05, 3.63) is 34.9 Å². The van der Waals surface area contributed by atoms with Crippen LogP contribution in [0.5, 0.6) is 0 Å². The molecule has 0 fully saturated rings. The highest BCUT2D eigenvalue weighted by Crippen LogP contribution is 2.46. The van der Waals surface area contributed by atoms with E-state index in [-0.39, 0.29) is 5.56 Å². The molecule has 0 saturated carbocycles. The quantitative estimate of drug-likeness (QED) is 0.454. The number of hydrogen-bond donors (Lipinski definition) is 0. The van der Waals surface area contributed by atoms with Crippen molar-refractivity contribution in [2.24, 2.45) is 0 Å². The van der Waals surface area contributed by atoms with Gasteiger partial charge in [0.1, 0.15) is 0 Å². The third kappa shape index (κ3) is 2.35. The second-order valence-corrected chi connectivity index (χ2v) is 4.00. The molecular weight excluding hydrogens is 294 g/mol. The summed E-state index contributed by atoms with van der Waals surface area (Å²) in [5.74, 6) is -6.11. The Balaban J connectivity index is 2.55. The number of esters is 2. The summed E-state index contributed by atoms with van der Waals surface area (Å²) >= 11 is 0. The van der Waals surface area contributed by atoms with Crippen molar-refractivity contribution in [1.29, 1.82) is 0 Å². The summed E-state index contributed by atoms with van der Waals surface area (Å²) in [4.78, 5) is 22.2. The van der Waals surface area contributed by atoms with Crippen LogP contribution < -0.4 is 0 Å². The van der Waals surface area contributed by atoms with Crippen molar-refractivity contribution in [1.82, 2.24) is 0 Å². The van der Waals surface area contributed by atoms with Gasteiger partial charge in [-0.1, -0.05) is 6.07 Å². The van der Waals surface area contributed by atoms with Crippen molar-refractivity contribution in [3.8, 4) is 0 Å².